The third kappa shape index (κ3) is 5.26. The van der Waals surface area contributed by atoms with E-state index in [0.29, 0.717) is 6.54 Å². The lowest BCUT2D eigenvalue weighted by Gasteiger charge is -2.22. The first-order valence-corrected chi connectivity index (χ1v) is 9.99. The molecule has 0 amide bonds. The van der Waals surface area contributed by atoms with Crippen molar-refractivity contribution in [3.8, 4) is 0 Å². The zero-order chi connectivity index (χ0) is 17.9. The summed E-state index contributed by atoms with van der Waals surface area (Å²) in [6.45, 7) is 7.56. The molecule has 1 aliphatic rings. The molecule has 0 radical (unpaired) electrons. The Morgan fingerprint density at radius 2 is 2.00 bits per heavy atom. The maximum Gasteiger partial charge on any atom is 0.279 e. The summed E-state index contributed by atoms with van der Waals surface area (Å²) >= 11 is 0. The highest BCUT2D eigenvalue weighted by atomic mass is 35.5. The lowest BCUT2D eigenvalue weighted by molar-refractivity contribution is 0.424. The van der Waals surface area contributed by atoms with Gasteiger partial charge < -0.3 is 4.90 Å². The molecular formula is C16H30ClN5O2S. The van der Waals surface area contributed by atoms with E-state index in [0.717, 1.165) is 43.0 Å². The Kier molecular flexibility index (Phi) is 8.05. The summed E-state index contributed by atoms with van der Waals surface area (Å²) in [5.74, 6) is 1.97. The Labute approximate surface area is 157 Å². The highest BCUT2D eigenvalue weighted by Gasteiger charge is 2.36. The molecule has 1 saturated heterocycles. The average Bonchev–Trinajstić information content (AvgIpc) is 2.89. The molecule has 0 spiro atoms. The number of hydrogen-bond acceptors (Lipinski definition) is 5. The number of hydrogen-bond donors (Lipinski definition) is 1. The highest BCUT2D eigenvalue weighted by Crippen LogP contribution is 2.28. The number of aryl methyl sites for hydroxylation is 2. The van der Waals surface area contributed by atoms with Crippen LogP contribution in [0.5, 0.6) is 0 Å². The van der Waals surface area contributed by atoms with Gasteiger partial charge in [0.15, 0.2) is 0 Å². The van der Waals surface area contributed by atoms with Gasteiger partial charge in [0.25, 0.3) is 10.2 Å². The second-order valence-electron chi connectivity index (χ2n) is 6.59. The number of rotatable bonds is 7. The van der Waals surface area contributed by atoms with Crippen molar-refractivity contribution in [2.45, 2.75) is 46.1 Å². The van der Waals surface area contributed by atoms with E-state index in [2.05, 4.69) is 33.4 Å². The Hall–Kier alpha value is -0.960. The average molecular weight is 392 g/mol. The van der Waals surface area contributed by atoms with Crippen LogP contribution in [-0.4, -0.2) is 55.9 Å². The molecule has 1 aromatic heterocycles. The molecule has 1 aromatic rings. The van der Waals surface area contributed by atoms with Crippen LogP contribution in [0.3, 0.4) is 0 Å². The van der Waals surface area contributed by atoms with E-state index in [-0.39, 0.29) is 24.4 Å². The van der Waals surface area contributed by atoms with Crippen LogP contribution in [0, 0.1) is 12.8 Å². The van der Waals surface area contributed by atoms with Crippen molar-refractivity contribution < 1.29 is 8.42 Å². The van der Waals surface area contributed by atoms with Crippen molar-refractivity contribution in [3.05, 3.63) is 17.6 Å². The van der Waals surface area contributed by atoms with Crippen molar-refractivity contribution in [2.24, 2.45) is 5.92 Å². The first kappa shape index (κ1) is 22.1. The van der Waals surface area contributed by atoms with E-state index in [4.69, 9.17) is 0 Å². The molecular weight excluding hydrogens is 362 g/mol. The minimum Gasteiger partial charge on any atom is -0.354 e. The SMILES string of the molecule is CCC[C@H]1CN(c2nc(C)ncc2CC)C[C@@H]1NS(=O)(=O)N(C)C.Cl. The van der Waals surface area contributed by atoms with Gasteiger partial charge in [-0.05, 0) is 25.7 Å². The summed E-state index contributed by atoms with van der Waals surface area (Å²) in [6, 6.07) is -0.0997. The first-order valence-electron chi connectivity index (χ1n) is 8.55. The van der Waals surface area contributed by atoms with Crippen molar-refractivity contribution in [1.82, 2.24) is 19.0 Å². The second-order valence-corrected chi connectivity index (χ2v) is 8.50. The second kappa shape index (κ2) is 9.12. The Morgan fingerprint density at radius 1 is 1.32 bits per heavy atom. The summed E-state index contributed by atoms with van der Waals surface area (Å²) in [7, 11) is -0.341. The molecule has 0 aromatic carbocycles. The third-order valence-electron chi connectivity index (χ3n) is 4.52. The van der Waals surface area contributed by atoms with Gasteiger partial charge in [-0.2, -0.15) is 17.4 Å². The minimum atomic E-state index is -3.44. The van der Waals surface area contributed by atoms with Crippen LogP contribution in [0.15, 0.2) is 6.20 Å². The van der Waals surface area contributed by atoms with Crippen molar-refractivity contribution in [3.63, 3.8) is 0 Å². The fourth-order valence-corrected chi connectivity index (χ4v) is 4.00. The Morgan fingerprint density at radius 3 is 2.56 bits per heavy atom. The molecule has 1 N–H and O–H groups in total. The molecule has 2 rings (SSSR count). The van der Waals surface area contributed by atoms with Gasteiger partial charge in [-0.25, -0.2) is 9.97 Å². The van der Waals surface area contributed by atoms with E-state index >= 15 is 0 Å². The van der Waals surface area contributed by atoms with Crippen LogP contribution in [0.25, 0.3) is 0 Å². The number of aromatic nitrogens is 2. The van der Waals surface area contributed by atoms with Gasteiger partial charge in [-0.15, -0.1) is 12.4 Å². The van der Waals surface area contributed by atoms with Crippen LogP contribution in [0.4, 0.5) is 5.82 Å². The molecule has 7 nitrogen and oxygen atoms in total. The van der Waals surface area contributed by atoms with Gasteiger partial charge in [0.1, 0.15) is 11.6 Å². The lowest BCUT2D eigenvalue weighted by Crippen LogP contribution is -2.45. The maximum absolute atomic E-state index is 12.2. The van der Waals surface area contributed by atoms with E-state index in [9.17, 15) is 8.42 Å². The monoisotopic (exact) mass is 391 g/mol. The fourth-order valence-electron chi connectivity index (χ4n) is 3.14. The van der Waals surface area contributed by atoms with E-state index in [1.807, 2.05) is 13.1 Å². The van der Waals surface area contributed by atoms with Gasteiger partial charge >= 0.3 is 0 Å². The van der Waals surface area contributed by atoms with Gasteiger partial charge in [0, 0.05) is 45.0 Å². The van der Waals surface area contributed by atoms with Gasteiger partial charge in [0.05, 0.1) is 0 Å². The van der Waals surface area contributed by atoms with Crippen LogP contribution >= 0.6 is 12.4 Å². The van der Waals surface area contributed by atoms with E-state index in [1.54, 1.807) is 14.1 Å². The molecule has 1 aliphatic heterocycles. The summed E-state index contributed by atoms with van der Waals surface area (Å²) in [5.41, 5.74) is 1.10. The van der Waals surface area contributed by atoms with Crippen LogP contribution in [-0.2, 0) is 16.6 Å². The minimum absolute atomic E-state index is 0. The Balaban J connectivity index is 0.00000312. The van der Waals surface area contributed by atoms with E-state index < -0.39 is 10.2 Å². The third-order valence-corrected chi connectivity index (χ3v) is 6.09. The number of anilines is 1. The molecule has 0 saturated carbocycles. The van der Waals surface area contributed by atoms with Gasteiger partial charge in [0.2, 0.25) is 0 Å². The zero-order valence-electron chi connectivity index (χ0n) is 15.7. The Bertz CT molecular complexity index is 668. The number of halogens is 1. The van der Waals surface area contributed by atoms with Gasteiger partial charge in [-0.1, -0.05) is 20.3 Å². The van der Waals surface area contributed by atoms with Gasteiger partial charge in [-0.3, -0.25) is 0 Å². The molecule has 2 heterocycles. The first-order chi connectivity index (χ1) is 11.3. The molecule has 144 valence electrons. The topological polar surface area (TPSA) is 78.4 Å². The van der Waals surface area contributed by atoms with Crippen molar-refractivity contribution in [2.75, 3.05) is 32.1 Å². The molecule has 1 fully saturated rings. The van der Waals surface area contributed by atoms with E-state index in [1.165, 1.54) is 4.31 Å². The predicted molar refractivity (Wildman–Crippen MR) is 104 cm³/mol. The zero-order valence-corrected chi connectivity index (χ0v) is 17.3. The van der Waals surface area contributed by atoms with Crippen LogP contribution < -0.4 is 9.62 Å². The standard InChI is InChI=1S/C16H29N5O2S.ClH/c1-6-8-14-10-21(11-15(14)19-24(22,23)20(4)5)16-13(7-2)9-17-12(3)18-16;/h9,14-15,19H,6-8,10-11H2,1-5H3;1H/t14-,15-;/m0./s1. The lowest BCUT2D eigenvalue weighted by atomic mass is 9.99. The summed E-state index contributed by atoms with van der Waals surface area (Å²) in [5, 5.41) is 0. The number of nitrogens with zero attached hydrogens (tertiary/aromatic N) is 4. The largest absolute Gasteiger partial charge is 0.354 e. The van der Waals surface area contributed by atoms with Crippen molar-refractivity contribution in [1.29, 1.82) is 0 Å². The molecule has 0 aliphatic carbocycles. The summed E-state index contributed by atoms with van der Waals surface area (Å²) in [6.07, 6.45) is 4.76. The molecule has 0 unspecified atom stereocenters. The fraction of sp³-hybridized carbons (Fsp3) is 0.750. The highest BCUT2D eigenvalue weighted by molar-refractivity contribution is 7.87. The maximum atomic E-state index is 12.2. The normalized spacial score (nSPS) is 20.8. The number of nitrogens with one attached hydrogen (secondary N) is 1. The molecule has 25 heavy (non-hydrogen) atoms. The molecule has 0 bridgehead atoms. The van der Waals surface area contributed by atoms with Crippen LogP contribution in [0.1, 0.15) is 38.1 Å². The quantitative estimate of drug-likeness (QED) is 0.766. The molecule has 9 heteroatoms. The summed E-state index contributed by atoms with van der Waals surface area (Å²) < 4.78 is 28.5. The van der Waals surface area contributed by atoms with Crippen molar-refractivity contribution >= 4 is 28.4 Å². The molecule has 2 atom stereocenters. The van der Waals surface area contributed by atoms with Crippen LogP contribution in [0.2, 0.25) is 0 Å². The smallest absolute Gasteiger partial charge is 0.279 e. The predicted octanol–water partition coefficient (Wildman–Crippen LogP) is 1.77. The summed E-state index contributed by atoms with van der Waals surface area (Å²) in [4.78, 5) is 11.1.